The number of rotatable bonds is 9. The van der Waals surface area contributed by atoms with E-state index in [1.165, 1.54) is 0 Å². The molecule has 4 aromatic rings. The van der Waals surface area contributed by atoms with Crippen LogP contribution >= 0.6 is 0 Å². The number of aliphatic hydroxyl groups excluding tert-OH is 1. The van der Waals surface area contributed by atoms with E-state index < -0.39 is 6.10 Å². The Morgan fingerprint density at radius 3 is 2.35 bits per heavy atom. The van der Waals surface area contributed by atoms with Crippen LogP contribution in [0.4, 0.5) is 0 Å². The van der Waals surface area contributed by atoms with Crippen molar-refractivity contribution in [2.45, 2.75) is 33.0 Å². The van der Waals surface area contributed by atoms with Gasteiger partial charge in [0.1, 0.15) is 11.5 Å². The van der Waals surface area contributed by atoms with Crippen LogP contribution < -0.4 is 4.74 Å². The van der Waals surface area contributed by atoms with Crippen molar-refractivity contribution in [3.8, 4) is 17.3 Å². The summed E-state index contributed by atoms with van der Waals surface area (Å²) in [6.07, 6.45) is 1.19. The number of ether oxygens (including phenoxy) is 1. The molecule has 1 atom stereocenters. The Labute approximate surface area is 182 Å². The summed E-state index contributed by atoms with van der Waals surface area (Å²) in [5.41, 5.74) is 2.78. The second-order valence-electron chi connectivity index (χ2n) is 7.63. The standard InChI is InChI=1S/C25H27N3O3/c1-19(29)16-27(17-23-14-9-15-30-23)18-24-20(2)26-28(21-10-5-3-6-11-21)25(24)31-22-12-7-4-8-13-22/h3-15,19,29H,16-18H2,1-2H3/t19-/m1/s1. The maximum Gasteiger partial charge on any atom is 0.227 e. The first-order valence-electron chi connectivity index (χ1n) is 10.4. The molecule has 31 heavy (non-hydrogen) atoms. The number of aryl methyl sites for hydroxylation is 1. The van der Waals surface area contributed by atoms with Gasteiger partial charge in [0.15, 0.2) is 0 Å². The zero-order chi connectivity index (χ0) is 21.6. The van der Waals surface area contributed by atoms with E-state index in [4.69, 9.17) is 14.3 Å². The van der Waals surface area contributed by atoms with Crippen molar-refractivity contribution in [1.82, 2.24) is 14.7 Å². The summed E-state index contributed by atoms with van der Waals surface area (Å²) in [7, 11) is 0. The molecule has 0 saturated heterocycles. The van der Waals surface area contributed by atoms with Gasteiger partial charge in [0.2, 0.25) is 5.88 Å². The van der Waals surface area contributed by atoms with Gasteiger partial charge in [0.05, 0.1) is 35.9 Å². The molecule has 2 aromatic carbocycles. The van der Waals surface area contributed by atoms with Crippen molar-refractivity contribution >= 4 is 0 Å². The quantitative estimate of drug-likeness (QED) is 0.417. The first kappa shape index (κ1) is 20.9. The lowest BCUT2D eigenvalue weighted by Gasteiger charge is -2.23. The summed E-state index contributed by atoms with van der Waals surface area (Å²) in [5.74, 6) is 2.26. The average molecular weight is 418 g/mol. The number of benzene rings is 2. The third-order valence-corrected chi connectivity index (χ3v) is 4.96. The Bertz CT molecular complexity index is 1070. The fourth-order valence-corrected chi connectivity index (χ4v) is 3.57. The third-order valence-electron chi connectivity index (χ3n) is 4.96. The minimum Gasteiger partial charge on any atom is -0.468 e. The van der Waals surface area contributed by atoms with E-state index in [1.807, 2.05) is 84.4 Å². The van der Waals surface area contributed by atoms with Crippen LogP contribution in [-0.2, 0) is 13.1 Å². The predicted molar refractivity (Wildman–Crippen MR) is 119 cm³/mol. The smallest absolute Gasteiger partial charge is 0.227 e. The summed E-state index contributed by atoms with van der Waals surface area (Å²) >= 11 is 0. The fourth-order valence-electron chi connectivity index (χ4n) is 3.57. The molecule has 0 fully saturated rings. The third kappa shape index (κ3) is 5.23. The number of nitrogens with zero attached hydrogens (tertiary/aromatic N) is 3. The maximum atomic E-state index is 10.1. The molecule has 0 aliphatic rings. The molecule has 1 N–H and O–H groups in total. The van der Waals surface area contributed by atoms with Crippen LogP contribution in [0.3, 0.4) is 0 Å². The highest BCUT2D eigenvalue weighted by molar-refractivity contribution is 5.43. The second kappa shape index (κ2) is 9.64. The van der Waals surface area contributed by atoms with Crippen molar-refractivity contribution in [2.75, 3.05) is 6.54 Å². The number of aromatic nitrogens is 2. The van der Waals surface area contributed by atoms with Gasteiger partial charge in [-0.15, -0.1) is 0 Å². The molecule has 0 radical (unpaired) electrons. The largest absolute Gasteiger partial charge is 0.468 e. The van der Waals surface area contributed by atoms with E-state index in [0.717, 1.165) is 28.5 Å². The molecule has 160 valence electrons. The van der Waals surface area contributed by atoms with Crippen LogP contribution in [-0.4, -0.2) is 32.4 Å². The van der Waals surface area contributed by atoms with Crippen molar-refractivity contribution < 1.29 is 14.3 Å². The lowest BCUT2D eigenvalue weighted by Crippen LogP contribution is -2.30. The van der Waals surface area contributed by atoms with Gasteiger partial charge in [-0.25, -0.2) is 4.68 Å². The minimum atomic E-state index is -0.474. The zero-order valence-corrected chi connectivity index (χ0v) is 17.8. The molecular weight excluding hydrogens is 390 g/mol. The molecule has 6 nitrogen and oxygen atoms in total. The number of para-hydroxylation sites is 2. The molecule has 0 spiro atoms. The van der Waals surface area contributed by atoms with Crippen molar-refractivity contribution in [3.63, 3.8) is 0 Å². The van der Waals surface area contributed by atoms with Crippen LogP contribution in [0.15, 0.2) is 83.5 Å². The summed E-state index contributed by atoms with van der Waals surface area (Å²) in [4.78, 5) is 2.14. The van der Waals surface area contributed by atoms with Crippen molar-refractivity contribution in [1.29, 1.82) is 0 Å². The van der Waals surface area contributed by atoms with E-state index in [2.05, 4.69) is 4.90 Å². The summed E-state index contributed by atoms with van der Waals surface area (Å²) in [6.45, 7) is 5.42. The van der Waals surface area contributed by atoms with E-state index in [-0.39, 0.29) is 0 Å². The van der Waals surface area contributed by atoms with Crippen LogP contribution in [0.25, 0.3) is 5.69 Å². The van der Waals surface area contributed by atoms with E-state index in [9.17, 15) is 5.11 Å². The topological polar surface area (TPSA) is 63.7 Å². The van der Waals surface area contributed by atoms with Crippen LogP contribution in [0.2, 0.25) is 0 Å². The molecule has 0 aliphatic heterocycles. The van der Waals surface area contributed by atoms with Crippen LogP contribution in [0.5, 0.6) is 11.6 Å². The molecular formula is C25H27N3O3. The second-order valence-corrected chi connectivity index (χ2v) is 7.63. The van der Waals surface area contributed by atoms with Gasteiger partial charge in [0.25, 0.3) is 0 Å². The monoisotopic (exact) mass is 417 g/mol. The SMILES string of the molecule is Cc1nn(-c2ccccc2)c(Oc2ccccc2)c1CN(Cc1ccco1)C[C@@H](C)O. The predicted octanol–water partition coefficient (Wildman–Crippen LogP) is 4.95. The molecule has 0 bridgehead atoms. The number of hydrogen-bond acceptors (Lipinski definition) is 5. The number of aliphatic hydroxyl groups is 1. The lowest BCUT2D eigenvalue weighted by molar-refractivity contribution is 0.112. The molecule has 2 aromatic heterocycles. The normalized spacial score (nSPS) is 12.3. The van der Waals surface area contributed by atoms with Gasteiger partial charge >= 0.3 is 0 Å². The Hall–Kier alpha value is -3.35. The highest BCUT2D eigenvalue weighted by Crippen LogP contribution is 2.32. The van der Waals surface area contributed by atoms with Gasteiger partial charge < -0.3 is 14.3 Å². The van der Waals surface area contributed by atoms with E-state index in [1.54, 1.807) is 13.2 Å². The van der Waals surface area contributed by atoms with E-state index in [0.29, 0.717) is 25.5 Å². The van der Waals surface area contributed by atoms with Crippen LogP contribution in [0, 0.1) is 6.92 Å². The molecule has 0 saturated carbocycles. The van der Waals surface area contributed by atoms with Crippen molar-refractivity contribution in [3.05, 3.63) is 96.1 Å². The Balaban J connectivity index is 1.71. The summed E-state index contributed by atoms with van der Waals surface area (Å²) in [5, 5.41) is 14.8. The summed E-state index contributed by atoms with van der Waals surface area (Å²) < 4.78 is 13.7. The first-order chi connectivity index (χ1) is 15.1. The van der Waals surface area contributed by atoms with Gasteiger partial charge in [-0.2, -0.15) is 5.10 Å². The van der Waals surface area contributed by atoms with E-state index >= 15 is 0 Å². The van der Waals surface area contributed by atoms with Crippen LogP contribution in [0.1, 0.15) is 23.9 Å². The Morgan fingerprint density at radius 2 is 1.71 bits per heavy atom. The highest BCUT2D eigenvalue weighted by atomic mass is 16.5. The van der Waals surface area contributed by atoms with Crippen molar-refractivity contribution in [2.24, 2.45) is 0 Å². The Kier molecular flexibility index (Phi) is 6.50. The minimum absolute atomic E-state index is 0.474. The molecule has 6 heteroatoms. The summed E-state index contributed by atoms with van der Waals surface area (Å²) in [6, 6.07) is 23.5. The molecule has 4 rings (SSSR count). The average Bonchev–Trinajstić information content (AvgIpc) is 3.38. The lowest BCUT2D eigenvalue weighted by atomic mass is 10.2. The fraction of sp³-hybridized carbons (Fsp3) is 0.240. The Morgan fingerprint density at radius 1 is 1.00 bits per heavy atom. The van der Waals surface area contributed by atoms with Gasteiger partial charge in [0, 0.05) is 13.1 Å². The molecule has 0 unspecified atom stereocenters. The molecule has 2 heterocycles. The van der Waals surface area contributed by atoms with Gasteiger partial charge in [-0.05, 0) is 50.2 Å². The molecule has 0 aliphatic carbocycles. The zero-order valence-electron chi connectivity index (χ0n) is 17.8. The van der Waals surface area contributed by atoms with Gasteiger partial charge in [-0.1, -0.05) is 36.4 Å². The first-order valence-corrected chi connectivity index (χ1v) is 10.4. The molecule has 0 amide bonds. The number of furan rings is 1. The highest BCUT2D eigenvalue weighted by Gasteiger charge is 2.22. The van der Waals surface area contributed by atoms with Gasteiger partial charge in [-0.3, -0.25) is 4.90 Å². The maximum absolute atomic E-state index is 10.1. The number of hydrogen-bond donors (Lipinski definition) is 1.